The van der Waals surface area contributed by atoms with Crippen LogP contribution in [-0.2, 0) is 0 Å². The number of hydrogen-bond donors (Lipinski definition) is 2. The normalized spacial score (nSPS) is 18.3. The molecule has 1 saturated heterocycles. The van der Waals surface area contributed by atoms with E-state index in [4.69, 9.17) is 4.74 Å². The van der Waals surface area contributed by atoms with Crippen LogP contribution in [0.4, 0.5) is 0 Å². The first-order valence-electron chi connectivity index (χ1n) is 7.20. The van der Waals surface area contributed by atoms with Gasteiger partial charge in [-0.3, -0.25) is 0 Å². The lowest BCUT2D eigenvalue weighted by Gasteiger charge is -2.32. The molecule has 2 rings (SSSR count). The SMILES string of the molecule is CNC(c1cc(C)cc(C)c1OC)C1CCNCC1. The maximum Gasteiger partial charge on any atom is 0.126 e. The van der Waals surface area contributed by atoms with Gasteiger partial charge in [0.05, 0.1) is 7.11 Å². The van der Waals surface area contributed by atoms with Crippen LogP contribution in [0, 0.1) is 19.8 Å². The number of nitrogens with one attached hydrogen (secondary N) is 2. The quantitative estimate of drug-likeness (QED) is 0.875. The lowest BCUT2D eigenvalue weighted by molar-refractivity contribution is 0.286. The molecule has 0 bridgehead atoms. The molecule has 0 radical (unpaired) electrons. The van der Waals surface area contributed by atoms with Gasteiger partial charge in [0.2, 0.25) is 0 Å². The number of hydrogen-bond acceptors (Lipinski definition) is 3. The van der Waals surface area contributed by atoms with Crippen LogP contribution in [0.1, 0.15) is 35.6 Å². The predicted molar refractivity (Wildman–Crippen MR) is 79.9 cm³/mol. The maximum absolute atomic E-state index is 5.65. The van der Waals surface area contributed by atoms with Crippen molar-refractivity contribution < 1.29 is 4.74 Å². The minimum Gasteiger partial charge on any atom is -0.496 e. The average Bonchev–Trinajstić information content (AvgIpc) is 2.40. The molecule has 1 aromatic rings. The van der Waals surface area contributed by atoms with Gasteiger partial charge in [-0.1, -0.05) is 17.7 Å². The van der Waals surface area contributed by atoms with Crippen LogP contribution in [0.2, 0.25) is 0 Å². The molecule has 1 atom stereocenters. The smallest absolute Gasteiger partial charge is 0.126 e. The molecule has 0 aliphatic carbocycles. The molecule has 1 fully saturated rings. The fourth-order valence-corrected chi connectivity index (χ4v) is 3.32. The Balaban J connectivity index is 2.36. The van der Waals surface area contributed by atoms with Crippen molar-refractivity contribution in [3.05, 3.63) is 28.8 Å². The van der Waals surface area contributed by atoms with E-state index in [0.29, 0.717) is 12.0 Å². The van der Waals surface area contributed by atoms with Crippen molar-refractivity contribution in [2.24, 2.45) is 5.92 Å². The van der Waals surface area contributed by atoms with Gasteiger partial charge in [-0.15, -0.1) is 0 Å². The largest absolute Gasteiger partial charge is 0.496 e. The Kier molecular flexibility index (Phi) is 4.83. The molecule has 1 aliphatic rings. The van der Waals surface area contributed by atoms with Crippen LogP contribution < -0.4 is 15.4 Å². The molecule has 3 heteroatoms. The Morgan fingerprint density at radius 2 is 1.95 bits per heavy atom. The molecule has 0 aromatic heterocycles. The van der Waals surface area contributed by atoms with Gasteiger partial charge in [-0.25, -0.2) is 0 Å². The summed E-state index contributed by atoms with van der Waals surface area (Å²) in [5.41, 5.74) is 3.85. The predicted octanol–water partition coefficient (Wildman–Crippen LogP) is 2.57. The summed E-state index contributed by atoms with van der Waals surface area (Å²) in [5, 5.41) is 6.95. The highest BCUT2D eigenvalue weighted by Crippen LogP contribution is 2.36. The van der Waals surface area contributed by atoms with Gasteiger partial charge in [-0.05, 0) is 58.3 Å². The van der Waals surface area contributed by atoms with Gasteiger partial charge in [0.25, 0.3) is 0 Å². The second kappa shape index (κ2) is 6.40. The van der Waals surface area contributed by atoms with Crippen molar-refractivity contribution in [2.75, 3.05) is 27.2 Å². The molecular formula is C16H26N2O. The van der Waals surface area contributed by atoms with Crippen molar-refractivity contribution in [3.63, 3.8) is 0 Å². The molecule has 1 aromatic carbocycles. The monoisotopic (exact) mass is 262 g/mol. The summed E-state index contributed by atoms with van der Waals surface area (Å²) in [5.74, 6) is 1.73. The number of piperidine rings is 1. The van der Waals surface area contributed by atoms with E-state index in [2.05, 4.69) is 43.7 Å². The molecule has 2 N–H and O–H groups in total. The van der Waals surface area contributed by atoms with Crippen LogP contribution in [0.3, 0.4) is 0 Å². The van der Waals surface area contributed by atoms with E-state index < -0.39 is 0 Å². The van der Waals surface area contributed by atoms with Gasteiger partial charge < -0.3 is 15.4 Å². The highest BCUT2D eigenvalue weighted by Gasteiger charge is 2.26. The van der Waals surface area contributed by atoms with Crippen molar-refractivity contribution in [1.29, 1.82) is 0 Å². The molecule has 0 saturated carbocycles. The lowest BCUT2D eigenvalue weighted by Crippen LogP contribution is -2.35. The molecule has 1 aliphatic heterocycles. The zero-order valence-corrected chi connectivity index (χ0v) is 12.5. The third kappa shape index (κ3) is 3.10. The van der Waals surface area contributed by atoms with E-state index in [9.17, 15) is 0 Å². The van der Waals surface area contributed by atoms with Crippen LogP contribution in [0.5, 0.6) is 5.75 Å². The van der Waals surface area contributed by atoms with Crippen LogP contribution in [0.15, 0.2) is 12.1 Å². The molecule has 0 spiro atoms. The first kappa shape index (κ1) is 14.4. The molecule has 19 heavy (non-hydrogen) atoms. The molecule has 0 amide bonds. The van der Waals surface area contributed by atoms with Crippen LogP contribution >= 0.6 is 0 Å². The van der Waals surface area contributed by atoms with Crippen molar-refractivity contribution in [2.45, 2.75) is 32.7 Å². The summed E-state index contributed by atoms with van der Waals surface area (Å²) in [6, 6.07) is 4.85. The van der Waals surface area contributed by atoms with Crippen molar-refractivity contribution >= 4 is 0 Å². The maximum atomic E-state index is 5.65. The van der Waals surface area contributed by atoms with E-state index >= 15 is 0 Å². The van der Waals surface area contributed by atoms with E-state index in [1.807, 2.05) is 0 Å². The average molecular weight is 262 g/mol. The highest BCUT2D eigenvalue weighted by atomic mass is 16.5. The minimum atomic E-state index is 0.385. The third-order valence-corrected chi connectivity index (χ3v) is 4.15. The lowest BCUT2D eigenvalue weighted by atomic mass is 9.84. The van der Waals surface area contributed by atoms with E-state index in [-0.39, 0.29) is 0 Å². The Morgan fingerprint density at radius 3 is 2.53 bits per heavy atom. The topological polar surface area (TPSA) is 33.3 Å². The third-order valence-electron chi connectivity index (χ3n) is 4.15. The Bertz CT molecular complexity index is 425. The Hall–Kier alpha value is -1.06. The second-order valence-electron chi connectivity index (χ2n) is 5.56. The van der Waals surface area contributed by atoms with Gasteiger partial charge in [0.1, 0.15) is 5.75 Å². The van der Waals surface area contributed by atoms with E-state index in [1.165, 1.54) is 29.5 Å². The van der Waals surface area contributed by atoms with Crippen LogP contribution in [-0.4, -0.2) is 27.2 Å². The fourth-order valence-electron chi connectivity index (χ4n) is 3.32. The zero-order valence-electron chi connectivity index (χ0n) is 12.5. The number of methoxy groups -OCH3 is 1. The molecule has 1 unspecified atom stereocenters. The second-order valence-corrected chi connectivity index (χ2v) is 5.56. The first-order chi connectivity index (χ1) is 9.17. The minimum absolute atomic E-state index is 0.385. The first-order valence-corrected chi connectivity index (χ1v) is 7.20. The zero-order chi connectivity index (χ0) is 13.8. The van der Waals surface area contributed by atoms with Gasteiger partial charge in [0.15, 0.2) is 0 Å². The van der Waals surface area contributed by atoms with Gasteiger partial charge in [-0.2, -0.15) is 0 Å². The fraction of sp³-hybridized carbons (Fsp3) is 0.625. The van der Waals surface area contributed by atoms with Gasteiger partial charge in [0, 0.05) is 11.6 Å². The summed E-state index contributed by atoms with van der Waals surface area (Å²) in [6.07, 6.45) is 2.45. The number of ether oxygens (including phenoxy) is 1. The van der Waals surface area contributed by atoms with Crippen molar-refractivity contribution in [1.82, 2.24) is 10.6 Å². The molecule has 3 nitrogen and oxygen atoms in total. The van der Waals surface area contributed by atoms with Crippen molar-refractivity contribution in [3.8, 4) is 5.75 Å². The van der Waals surface area contributed by atoms with E-state index in [1.54, 1.807) is 7.11 Å². The summed E-state index contributed by atoms with van der Waals surface area (Å²) >= 11 is 0. The summed E-state index contributed by atoms with van der Waals surface area (Å²) in [7, 11) is 3.83. The van der Waals surface area contributed by atoms with E-state index in [0.717, 1.165) is 18.8 Å². The molecule has 1 heterocycles. The summed E-state index contributed by atoms with van der Waals surface area (Å²) in [6.45, 7) is 6.53. The number of benzene rings is 1. The molecule has 106 valence electrons. The van der Waals surface area contributed by atoms with Crippen LogP contribution in [0.25, 0.3) is 0 Å². The summed E-state index contributed by atoms with van der Waals surface area (Å²) in [4.78, 5) is 0. The standard InChI is InChI=1S/C16H26N2O/c1-11-9-12(2)16(19-4)14(10-11)15(17-3)13-5-7-18-8-6-13/h9-10,13,15,17-18H,5-8H2,1-4H3. The van der Waals surface area contributed by atoms with Gasteiger partial charge >= 0.3 is 0 Å². The number of aryl methyl sites for hydroxylation is 2. The summed E-state index contributed by atoms with van der Waals surface area (Å²) < 4.78 is 5.65. The Morgan fingerprint density at radius 1 is 1.26 bits per heavy atom. The molecular weight excluding hydrogens is 236 g/mol. The Labute approximate surface area is 116 Å². The highest BCUT2D eigenvalue weighted by molar-refractivity contribution is 5.45. The number of rotatable bonds is 4.